The van der Waals surface area contributed by atoms with Crippen LogP contribution in [0, 0.1) is 18.8 Å². The molecule has 100 valence electrons. The second kappa shape index (κ2) is 6.45. The topological polar surface area (TPSA) is 80.9 Å². The average Bonchev–Trinajstić information content (AvgIpc) is 2.45. The zero-order chi connectivity index (χ0) is 14.4. The molecule has 0 aliphatic heterocycles. The molecule has 0 saturated carbocycles. The standard InChI is InChI=1S/C15H14N4O/c1-11-9-13(4-8-18-11)19-15(20)14-5-7-17-10-12(14)3-2-6-16/h4-5,7-10H,6,16H2,1H3,(H,18,19,20). The van der Waals surface area contributed by atoms with Crippen LogP contribution in [0.15, 0.2) is 36.8 Å². The number of nitrogens with one attached hydrogen (secondary N) is 1. The highest BCUT2D eigenvalue weighted by Crippen LogP contribution is 2.11. The van der Waals surface area contributed by atoms with Crippen molar-refractivity contribution in [3.63, 3.8) is 0 Å². The van der Waals surface area contributed by atoms with Crippen molar-refractivity contribution in [2.75, 3.05) is 11.9 Å². The highest BCUT2D eigenvalue weighted by Gasteiger charge is 2.10. The lowest BCUT2D eigenvalue weighted by molar-refractivity contribution is 0.102. The lowest BCUT2D eigenvalue weighted by Crippen LogP contribution is -2.14. The molecule has 5 heteroatoms. The van der Waals surface area contributed by atoms with E-state index >= 15 is 0 Å². The fourth-order valence-electron chi connectivity index (χ4n) is 1.66. The maximum Gasteiger partial charge on any atom is 0.257 e. The Morgan fingerprint density at radius 1 is 1.40 bits per heavy atom. The molecule has 0 fully saturated rings. The summed E-state index contributed by atoms with van der Waals surface area (Å²) in [6, 6.07) is 5.16. The van der Waals surface area contributed by atoms with Gasteiger partial charge in [0.05, 0.1) is 17.7 Å². The van der Waals surface area contributed by atoms with E-state index in [-0.39, 0.29) is 12.5 Å². The zero-order valence-corrected chi connectivity index (χ0v) is 11.1. The van der Waals surface area contributed by atoms with Crippen molar-refractivity contribution >= 4 is 11.6 Å². The normalized spacial score (nSPS) is 9.50. The number of pyridine rings is 2. The summed E-state index contributed by atoms with van der Waals surface area (Å²) in [7, 11) is 0. The third-order valence-corrected chi connectivity index (χ3v) is 2.55. The third-order valence-electron chi connectivity index (χ3n) is 2.55. The summed E-state index contributed by atoms with van der Waals surface area (Å²) in [5.41, 5.74) is 7.89. The van der Waals surface area contributed by atoms with Crippen molar-refractivity contribution in [1.82, 2.24) is 9.97 Å². The smallest absolute Gasteiger partial charge is 0.257 e. The zero-order valence-electron chi connectivity index (χ0n) is 11.1. The molecule has 2 rings (SSSR count). The molecule has 0 aliphatic rings. The van der Waals surface area contributed by atoms with Gasteiger partial charge in [-0.25, -0.2) is 0 Å². The van der Waals surface area contributed by atoms with Gasteiger partial charge in [-0.1, -0.05) is 11.8 Å². The van der Waals surface area contributed by atoms with Gasteiger partial charge in [0.15, 0.2) is 0 Å². The van der Waals surface area contributed by atoms with Crippen LogP contribution in [-0.4, -0.2) is 22.4 Å². The molecule has 2 aromatic heterocycles. The summed E-state index contributed by atoms with van der Waals surface area (Å²) in [4.78, 5) is 20.3. The van der Waals surface area contributed by atoms with Crippen LogP contribution in [0.2, 0.25) is 0 Å². The Labute approximate surface area is 117 Å². The second-order valence-electron chi connectivity index (χ2n) is 4.07. The van der Waals surface area contributed by atoms with Gasteiger partial charge in [-0.05, 0) is 25.1 Å². The first-order valence-electron chi connectivity index (χ1n) is 6.07. The molecule has 0 aliphatic carbocycles. The fraction of sp³-hybridized carbons (Fsp3) is 0.133. The number of amides is 1. The predicted molar refractivity (Wildman–Crippen MR) is 77.1 cm³/mol. The van der Waals surface area contributed by atoms with Crippen molar-refractivity contribution in [1.29, 1.82) is 0 Å². The molecule has 0 aromatic carbocycles. The summed E-state index contributed by atoms with van der Waals surface area (Å²) >= 11 is 0. The molecule has 3 N–H and O–H groups in total. The van der Waals surface area contributed by atoms with E-state index < -0.39 is 0 Å². The number of rotatable bonds is 2. The van der Waals surface area contributed by atoms with E-state index in [9.17, 15) is 4.79 Å². The van der Waals surface area contributed by atoms with Gasteiger partial charge in [0.1, 0.15) is 0 Å². The van der Waals surface area contributed by atoms with Gasteiger partial charge in [0, 0.05) is 30.0 Å². The number of hydrogen-bond donors (Lipinski definition) is 2. The number of carbonyl (C=O) groups excluding carboxylic acids is 1. The van der Waals surface area contributed by atoms with E-state index in [1.807, 2.05) is 6.92 Å². The first-order valence-corrected chi connectivity index (χ1v) is 6.07. The molecule has 0 unspecified atom stereocenters. The van der Waals surface area contributed by atoms with Crippen LogP contribution in [0.4, 0.5) is 5.69 Å². The maximum atomic E-state index is 12.3. The molecule has 20 heavy (non-hydrogen) atoms. The maximum absolute atomic E-state index is 12.3. The summed E-state index contributed by atoms with van der Waals surface area (Å²) < 4.78 is 0. The first-order chi connectivity index (χ1) is 9.70. The Morgan fingerprint density at radius 3 is 3.00 bits per heavy atom. The van der Waals surface area contributed by atoms with Crippen LogP contribution >= 0.6 is 0 Å². The van der Waals surface area contributed by atoms with Gasteiger partial charge in [-0.2, -0.15) is 0 Å². The second-order valence-corrected chi connectivity index (χ2v) is 4.07. The molecule has 5 nitrogen and oxygen atoms in total. The first kappa shape index (κ1) is 13.7. The molecular weight excluding hydrogens is 252 g/mol. The van der Waals surface area contributed by atoms with Crippen LogP contribution < -0.4 is 11.1 Å². The number of hydrogen-bond acceptors (Lipinski definition) is 4. The Morgan fingerprint density at radius 2 is 2.25 bits per heavy atom. The summed E-state index contributed by atoms with van der Waals surface area (Å²) in [5.74, 6) is 5.32. The van der Waals surface area contributed by atoms with Gasteiger partial charge in [-0.15, -0.1) is 0 Å². The van der Waals surface area contributed by atoms with E-state index in [0.29, 0.717) is 16.8 Å². The Balaban J connectivity index is 2.25. The number of nitrogens with zero attached hydrogens (tertiary/aromatic N) is 2. The molecule has 0 spiro atoms. The van der Waals surface area contributed by atoms with Gasteiger partial charge in [0.25, 0.3) is 5.91 Å². The van der Waals surface area contributed by atoms with Gasteiger partial charge in [-0.3, -0.25) is 14.8 Å². The van der Waals surface area contributed by atoms with Gasteiger partial charge < -0.3 is 11.1 Å². The fourth-order valence-corrected chi connectivity index (χ4v) is 1.66. The van der Waals surface area contributed by atoms with Gasteiger partial charge in [0.2, 0.25) is 0 Å². The van der Waals surface area contributed by atoms with Crippen LogP contribution in [0.3, 0.4) is 0 Å². The minimum atomic E-state index is -0.237. The van der Waals surface area contributed by atoms with Crippen molar-refractivity contribution < 1.29 is 4.79 Å². The molecular formula is C15H14N4O. The predicted octanol–water partition coefficient (Wildman–Crippen LogP) is 1.35. The quantitative estimate of drug-likeness (QED) is 0.804. The molecule has 0 bridgehead atoms. The van der Waals surface area contributed by atoms with E-state index in [2.05, 4.69) is 27.1 Å². The highest BCUT2D eigenvalue weighted by molar-refractivity contribution is 6.05. The minimum Gasteiger partial charge on any atom is -0.322 e. The number of anilines is 1. The average molecular weight is 266 g/mol. The molecule has 2 heterocycles. The largest absolute Gasteiger partial charge is 0.322 e. The number of nitrogens with two attached hydrogens (primary N) is 1. The van der Waals surface area contributed by atoms with Crippen LogP contribution in [-0.2, 0) is 0 Å². The molecule has 2 aromatic rings. The summed E-state index contributed by atoms with van der Waals surface area (Å²) in [5, 5.41) is 2.81. The van der Waals surface area contributed by atoms with Crippen LogP contribution in [0.25, 0.3) is 0 Å². The molecule has 0 radical (unpaired) electrons. The summed E-state index contributed by atoms with van der Waals surface area (Å²) in [6.45, 7) is 2.10. The van der Waals surface area contributed by atoms with E-state index in [4.69, 9.17) is 5.73 Å². The van der Waals surface area contributed by atoms with Crippen LogP contribution in [0.1, 0.15) is 21.6 Å². The highest BCUT2D eigenvalue weighted by atomic mass is 16.1. The van der Waals surface area contributed by atoms with E-state index in [0.717, 1.165) is 5.69 Å². The molecule has 1 amide bonds. The lowest BCUT2D eigenvalue weighted by atomic mass is 10.1. The van der Waals surface area contributed by atoms with Crippen molar-refractivity contribution in [2.24, 2.45) is 5.73 Å². The molecule has 0 atom stereocenters. The van der Waals surface area contributed by atoms with Crippen molar-refractivity contribution in [2.45, 2.75) is 6.92 Å². The van der Waals surface area contributed by atoms with E-state index in [1.54, 1.807) is 36.8 Å². The minimum absolute atomic E-state index is 0.236. The van der Waals surface area contributed by atoms with Crippen molar-refractivity contribution in [3.05, 3.63) is 53.6 Å². The Kier molecular flexibility index (Phi) is 4.43. The monoisotopic (exact) mass is 266 g/mol. The SMILES string of the molecule is Cc1cc(NC(=O)c2ccncc2C#CCN)ccn1. The van der Waals surface area contributed by atoms with Crippen molar-refractivity contribution in [3.8, 4) is 11.8 Å². The van der Waals surface area contributed by atoms with E-state index in [1.165, 1.54) is 0 Å². The third kappa shape index (κ3) is 3.40. The van der Waals surface area contributed by atoms with Gasteiger partial charge >= 0.3 is 0 Å². The summed E-state index contributed by atoms with van der Waals surface area (Å²) in [6.07, 6.45) is 4.75. The number of aryl methyl sites for hydroxylation is 1. The number of carbonyl (C=O) groups is 1. The lowest BCUT2D eigenvalue weighted by Gasteiger charge is -2.07. The van der Waals surface area contributed by atoms with Crippen LogP contribution in [0.5, 0.6) is 0 Å². The Hall–Kier alpha value is -2.71. The molecule has 0 saturated heterocycles. The Bertz CT molecular complexity index is 686. The number of aromatic nitrogens is 2.